The van der Waals surface area contributed by atoms with Crippen LogP contribution in [0.25, 0.3) is 0 Å². The molecule has 0 bridgehead atoms. The van der Waals surface area contributed by atoms with Gasteiger partial charge in [-0.3, -0.25) is 4.79 Å². The standard InChI is InChI=1S/C4H8O3.K.H/c1-4(6)7-3-2-5;;/h5H,2-3H2,1H3;;/q;+1;-1. The van der Waals surface area contributed by atoms with Crippen LogP contribution in [-0.2, 0) is 9.53 Å². The van der Waals surface area contributed by atoms with Crippen LogP contribution in [0.15, 0.2) is 0 Å². The van der Waals surface area contributed by atoms with E-state index in [0.717, 1.165) is 0 Å². The predicted molar refractivity (Wildman–Crippen MR) is 24.8 cm³/mol. The number of hydrogen-bond acceptors (Lipinski definition) is 3. The molecule has 0 saturated heterocycles. The monoisotopic (exact) mass is 144 g/mol. The minimum absolute atomic E-state index is 0. The van der Waals surface area contributed by atoms with E-state index in [9.17, 15) is 4.79 Å². The van der Waals surface area contributed by atoms with E-state index < -0.39 is 0 Å². The van der Waals surface area contributed by atoms with Crippen molar-refractivity contribution in [2.24, 2.45) is 0 Å². The molecule has 44 valence electrons. The van der Waals surface area contributed by atoms with Gasteiger partial charge in [0.2, 0.25) is 0 Å². The number of carbonyl (C=O) groups excluding carboxylic acids is 1. The Labute approximate surface area is 92.3 Å². The summed E-state index contributed by atoms with van der Waals surface area (Å²) in [4.78, 5) is 9.87. The Morgan fingerprint density at radius 2 is 2.38 bits per heavy atom. The van der Waals surface area contributed by atoms with E-state index >= 15 is 0 Å². The number of carbonyl (C=O) groups is 1. The molecule has 1 N–H and O–H groups in total. The van der Waals surface area contributed by atoms with Crippen LogP contribution in [0.1, 0.15) is 8.35 Å². The first-order valence-electron chi connectivity index (χ1n) is 2.01. The molecule has 0 spiro atoms. The van der Waals surface area contributed by atoms with E-state index in [4.69, 9.17) is 5.11 Å². The van der Waals surface area contributed by atoms with Crippen molar-refractivity contribution in [2.45, 2.75) is 6.92 Å². The molecule has 3 nitrogen and oxygen atoms in total. The number of aliphatic hydroxyl groups excluding tert-OH is 1. The fraction of sp³-hybridized carbons (Fsp3) is 0.750. The van der Waals surface area contributed by atoms with Gasteiger partial charge in [-0.15, -0.1) is 0 Å². The summed E-state index contributed by atoms with van der Waals surface area (Å²) >= 11 is 0. The summed E-state index contributed by atoms with van der Waals surface area (Å²) in [6.07, 6.45) is 0. The van der Waals surface area contributed by atoms with Crippen LogP contribution in [-0.4, -0.2) is 24.3 Å². The van der Waals surface area contributed by atoms with E-state index in [1.54, 1.807) is 0 Å². The number of esters is 1. The van der Waals surface area contributed by atoms with Crippen molar-refractivity contribution in [2.75, 3.05) is 13.2 Å². The summed E-state index contributed by atoms with van der Waals surface area (Å²) in [6, 6.07) is 0. The Kier molecular flexibility index (Phi) is 11.9. The van der Waals surface area contributed by atoms with Gasteiger partial charge in [0.15, 0.2) is 0 Å². The van der Waals surface area contributed by atoms with Gasteiger partial charge in [-0.1, -0.05) is 0 Å². The van der Waals surface area contributed by atoms with Gasteiger partial charge in [0, 0.05) is 6.92 Å². The van der Waals surface area contributed by atoms with Gasteiger partial charge in [-0.05, 0) is 0 Å². The summed E-state index contributed by atoms with van der Waals surface area (Å²) in [7, 11) is 0. The number of ether oxygens (including phenoxy) is 1. The molecular weight excluding hydrogens is 135 g/mol. The van der Waals surface area contributed by atoms with Crippen molar-refractivity contribution in [1.29, 1.82) is 0 Å². The quantitative estimate of drug-likeness (QED) is 0.325. The van der Waals surface area contributed by atoms with E-state index in [-0.39, 0.29) is 72.0 Å². The molecular formula is C4H9KO3. The summed E-state index contributed by atoms with van der Waals surface area (Å²) in [5, 5.41) is 8.04. The Hall–Kier alpha value is 1.07. The van der Waals surface area contributed by atoms with Crippen molar-refractivity contribution in [1.82, 2.24) is 0 Å². The maximum Gasteiger partial charge on any atom is 1.00 e. The zero-order chi connectivity index (χ0) is 5.70. The molecule has 0 atom stereocenters. The zero-order valence-electron chi connectivity index (χ0n) is 6.18. The summed E-state index contributed by atoms with van der Waals surface area (Å²) in [5.74, 6) is -0.353. The first-order valence-corrected chi connectivity index (χ1v) is 2.01. The van der Waals surface area contributed by atoms with Gasteiger partial charge < -0.3 is 11.3 Å². The van der Waals surface area contributed by atoms with Crippen LogP contribution in [0.4, 0.5) is 0 Å². The minimum Gasteiger partial charge on any atom is -1.00 e. The van der Waals surface area contributed by atoms with E-state index in [0.29, 0.717) is 0 Å². The number of hydrogen-bond donors (Lipinski definition) is 1. The second-order valence-electron chi connectivity index (χ2n) is 1.06. The molecule has 0 aromatic carbocycles. The van der Waals surface area contributed by atoms with Crippen LogP contribution in [0, 0.1) is 0 Å². The van der Waals surface area contributed by atoms with Crippen molar-refractivity contribution in [3.8, 4) is 0 Å². The van der Waals surface area contributed by atoms with Gasteiger partial charge in [0.1, 0.15) is 6.61 Å². The molecule has 0 fully saturated rings. The molecule has 0 aliphatic rings. The third kappa shape index (κ3) is 10.1. The van der Waals surface area contributed by atoms with Gasteiger partial charge in [-0.2, -0.15) is 0 Å². The summed E-state index contributed by atoms with van der Waals surface area (Å²) in [5.41, 5.74) is 0. The minimum atomic E-state index is -0.353. The van der Waals surface area contributed by atoms with Crippen LogP contribution in [0.2, 0.25) is 0 Å². The third-order valence-corrected chi connectivity index (χ3v) is 0.397. The molecule has 0 unspecified atom stereocenters. The summed E-state index contributed by atoms with van der Waals surface area (Å²) < 4.78 is 4.30. The maximum atomic E-state index is 9.87. The Balaban J connectivity index is -0.000000180. The Morgan fingerprint density at radius 3 is 2.50 bits per heavy atom. The zero-order valence-corrected chi connectivity index (χ0v) is 8.30. The molecule has 0 aromatic rings. The Morgan fingerprint density at radius 1 is 1.88 bits per heavy atom. The van der Waals surface area contributed by atoms with Crippen molar-refractivity contribution < 1.29 is 67.4 Å². The van der Waals surface area contributed by atoms with Gasteiger partial charge in [0.25, 0.3) is 0 Å². The average molecular weight is 144 g/mol. The number of aliphatic hydroxyl groups is 1. The molecule has 0 aliphatic heterocycles. The van der Waals surface area contributed by atoms with E-state index in [1.165, 1.54) is 6.92 Å². The van der Waals surface area contributed by atoms with E-state index in [1.807, 2.05) is 0 Å². The molecule has 0 heterocycles. The van der Waals surface area contributed by atoms with Crippen LogP contribution >= 0.6 is 0 Å². The first-order chi connectivity index (χ1) is 3.27. The molecule has 0 aromatic heterocycles. The van der Waals surface area contributed by atoms with Crippen LogP contribution < -0.4 is 51.4 Å². The second kappa shape index (κ2) is 8.07. The Bertz CT molecular complexity index is 68.8. The fourth-order valence-corrected chi connectivity index (χ4v) is 0.189. The largest absolute Gasteiger partial charge is 1.00 e. The summed E-state index contributed by atoms with van der Waals surface area (Å²) in [6.45, 7) is 1.31. The molecule has 4 heteroatoms. The van der Waals surface area contributed by atoms with Crippen molar-refractivity contribution in [3.63, 3.8) is 0 Å². The second-order valence-corrected chi connectivity index (χ2v) is 1.06. The fourth-order valence-electron chi connectivity index (χ4n) is 0.189. The SMILES string of the molecule is CC(=O)OCCO.[H-].[K+]. The smallest absolute Gasteiger partial charge is 1.00 e. The van der Waals surface area contributed by atoms with Crippen molar-refractivity contribution in [3.05, 3.63) is 0 Å². The molecule has 8 heavy (non-hydrogen) atoms. The number of rotatable bonds is 2. The molecule has 0 rings (SSSR count). The normalized spacial score (nSPS) is 7.25. The predicted octanol–water partition coefficient (Wildman–Crippen LogP) is -3.34. The molecule has 0 aliphatic carbocycles. The molecule has 0 saturated carbocycles. The van der Waals surface area contributed by atoms with Crippen LogP contribution in [0.3, 0.4) is 0 Å². The topological polar surface area (TPSA) is 46.5 Å². The van der Waals surface area contributed by atoms with E-state index in [2.05, 4.69) is 4.74 Å². The van der Waals surface area contributed by atoms with Crippen LogP contribution in [0.5, 0.6) is 0 Å². The molecule has 0 radical (unpaired) electrons. The van der Waals surface area contributed by atoms with Crippen molar-refractivity contribution >= 4 is 5.97 Å². The molecule has 0 amide bonds. The average Bonchev–Trinajstić information content (AvgIpc) is 1.61. The van der Waals surface area contributed by atoms with Gasteiger partial charge in [-0.25, -0.2) is 0 Å². The van der Waals surface area contributed by atoms with Gasteiger partial charge >= 0.3 is 57.4 Å². The van der Waals surface area contributed by atoms with Gasteiger partial charge in [0.05, 0.1) is 6.61 Å². The maximum absolute atomic E-state index is 9.87. The third-order valence-electron chi connectivity index (χ3n) is 0.397. The first kappa shape index (κ1) is 11.8.